The van der Waals surface area contributed by atoms with Gasteiger partial charge in [-0.25, -0.2) is 14.4 Å². The fourth-order valence-electron chi connectivity index (χ4n) is 2.84. The third kappa shape index (κ3) is 4.13. The molecule has 128 valence electrons. The molecule has 5 nitrogen and oxygen atoms in total. The number of aromatic nitrogens is 2. The molecule has 0 aliphatic carbocycles. The van der Waals surface area contributed by atoms with Crippen LogP contribution >= 0.6 is 11.6 Å². The molecule has 0 radical (unpaired) electrons. The Labute approximate surface area is 146 Å². The van der Waals surface area contributed by atoms with Gasteiger partial charge in [-0.1, -0.05) is 12.1 Å². The lowest BCUT2D eigenvalue weighted by Gasteiger charge is -2.15. The summed E-state index contributed by atoms with van der Waals surface area (Å²) >= 11 is 5.92. The topological polar surface area (TPSA) is 61.9 Å². The van der Waals surface area contributed by atoms with E-state index in [0.29, 0.717) is 24.0 Å². The number of rotatable bonds is 6. The van der Waals surface area contributed by atoms with E-state index >= 15 is 0 Å². The lowest BCUT2D eigenvalue weighted by atomic mass is 10.1. The van der Waals surface area contributed by atoms with Gasteiger partial charge in [0.25, 0.3) is 0 Å². The molecular weight excluding hydrogens is 329 g/mol. The van der Waals surface area contributed by atoms with E-state index in [1.807, 2.05) is 13.0 Å². The highest BCUT2D eigenvalue weighted by Crippen LogP contribution is 2.22. The van der Waals surface area contributed by atoms with Gasteiger partial charge in [0.15, 0.2) is 0 Å². The van der Waals surface area contributed by atoms with Crippen molar-refractivity contribution >= 4 is 23.1 Å². The van der Waals surface area contributed by atoms with Gasteiger partial charge in [0, 0.05) is 24.8 Å². The highest BCUT2D eigenvalue weighted by molar-refractivity contribution is 6.28. The van der Waals surface area contributed by atoms with E-state index in [9.17, 15) is 4.39 Å². The summed E-state index contributed by atoms with van der Waals surface area (Å²) < 4.78 is 13.9. The molecule has 7 heteroatoms. The maximum Gasteiger partial charge on any atom is 0.224 e. The third-order valence-electron chi connectivity index (χ3n) is 4.23. The van der Waals surface area contributed by atoms with E-state index < -0.39 is 0 Å². The molecule has 1 unspecified atom stereocenters. The molecule has 2 heterocycles. The first-order chi connectivity index (χ1) is 11.6. The molecule has 3 N–H and O–H groups in total. The second kappa shape index (κ2) is 7.77. The average molecular weight is 350 g/mol. The molecule has 1 aliphatic heterocycles. The van der Waals surface area contributed by atoms with Crippen LogP contribution in [0.15, 0.2) is 24.4 Å². The summed E-state index contributed by atoms with van der Waals surface area (Å²) in [5, 5.41) is 10.0. The number of halogens is 2. The largest absolute Gasteiger partial charge is 0.378 e. The SMILES string of the molecule is Cc1cccc(F)c1NCc1cnc(Cl)nc1NCC1CCNC1. The van der Waals surface area contributed by atoms with E-state index in [1.54, 1.807) is 12.3 Å². The van der Waals surface area contributed by atoms with Crippen molar-refractivity contribution in [3.8, 4) is 0 Å². The quantitative estimate of drug-likeness (QED) is 0.699. The van der Waals surface area contributed by atoms with Crippen molar-refractivity contribution in [3.63, 3.8) is 0 Å². The summed E-state index contributed by atoms with van der Waals surface area (Å²) in [5.41, 5.74) is 2.21. The second-order valence-electron chi connectivity index (χ2n) is 6.04. The van der Waals surface area contributed by atoms with Gasteiger partial charge >= 0.3 is 0 Å². The summed E-state index contributed by atoms with van der Waals surface area (Å²) in [7, 11) is 0. The van der Waals surface area contributed by atoms with Crippen molar-refractivity contribution in [1.29, 1.82) is 0 Å². The minimum Gasteiger partial charge on any atom is -0.378 e. The highest BCUT2D eigenvalue weighted by atomic mass is 35.5. The third-order valence-corrected chi connectivity index (χ3v) is 4.42. The molecule has 1 aromatic heterocycles. The maximum absolute atomic E-state index is 13.9. The van der Waals surface area contributed by atoms with Crippen molar-refractivity contribution in [3.05, 3.63) is 46.6 Å². The Balaban J connectivity index is 1.70. The molecule has 1 aromatic carbocycles. The van der Waals surface area contributed by atoms with E-state index in [-0.39, 0.29) is 11.1 Å². The molecule has 1 saturated heterocycles. The van der Waals surface area contributed by atoms with Crippen molar-refractivity contribution in [1.82, 2.24) is 15.3 Å². The average Bonchev–Trinajstić information content (AvgIpc) is 3.07. The number of nitrogens with one attached hydrogen (secondary N) is 3. The molecule has 0 spiro atoms. The van der Waals surface area contributed by atoms with Crippen LogP contribution in [0.4, 0.5) is 15.9 Å². The molecule has 1 atom stereocenters. The standard InChI is InChI=1S/C17H21ClFN5/c1-11-3-2-4-14(19)15(11)21-9-13-10-23-17(18)24-16(13)22-8-12-5-6-20-7-12/h2-4,10,12,20-21H,5-9H2,1H3,(H,22,23,24). The van der Waals surface area contributed by atoms with E-state index in [0.717, 1.165) is 37.2 Å². The molecule has 0 bridgehead atoms. The Hall–Kier alpha value is -1.92. The zero-order chi connectivity index (χ0) is 16.9. The number of nitrogens with zero attached hydrogens (tertiary/aromatic N) is 2. The summed E-state index contributed by atoms with van der Waals surface area (Å²) in [6.07, 6.45) is 2.82. The van der Waals surface area contributed by atoms with Crippen LogP contribution in [-0.2, 0) is 6.54 Å². The van der Waals surface area contributed by atoms with Crippen LogP contribution in [0.5, 0.6) is 0 Å². The van der Waals surface area contributed by atoms with E-state index in [4.69, 9.17) is 11.6 Å². The normalized spacial score (nSPS) is 17.0. The fourth-order valence-corrected chi connectivity index (χ4v) is 2.97. The lowest BCUT2D eigenvalue weighted by molar-refractivity contribution is 0.613. The Bertz CT molecular complexity index is 683. The number of benzene rings is 1. The van der Waals surface area contributed by atoms with Crippen molar-refractivity contribution in [2.24, 2.45) is 5.92 Å². The van der Waals surface area contributed by atoms with Crippen LogP contribution in [0.1, 0.15) is 17.5 Å². The fraction of sp³-hybridized carbons (Fsp3) is 0.412. The Kier molecular flexibility index (Phi) is 5.48. The van der Waals surface area contributed by atoms with Crippen molar-refractivity contribution < 1.29 is 4.39 Å². The summed E-state index contributed by atoms with van der Waals surface area (Å²) in [6, 6.07) is 5.01. The van der Waals surface area contributed by atoms with E-state index in [2.05, 4.69) is 25.9 Å². The maximum atomic E-state index is 13.9. The second-order valence-corrected chi connectivity index (χ2v) is 6.38. The summed E-state index contributed by atoms with van der Waals surface area (Å²) in [6.45, 7) is 5.18. The molecule has 1 fully saturated rings. The monoisotopic (exact) mass is 349 g/mol. The predicted octanol–water partition coefficient (Wildman–Crippen LogP) is 3.21. The number of aryl methyl sites for hydroxylation is 1. The van der Waals surface area contributed by atoms with Crippen molar-refractivity contribution in [2.75, 3.05) is 30.3 Å². The Morgan fingerprint density at radius 1 is 1.38 bits per heavy atom. The van der Waals surface area contributed by atoms with Gasteiger partial charge in [-0.3, -0.25) is 0 Å². The molecule has 0 amide bonds. The lowest BCUT2D eigenvalue weighted by Crippen LogP contribution is -2.19. The minimum atomic E-state index is -0.267. The van der Waals surface area contributed by atoms with Gasteiger partial charge in [-0.15, -0.1) is 0 Å². The van der Waals surface area contributed by atoms with Crippen molar-refractivity contribution in [2.45, 2.75) is 19.9 Å². The molecule has 24 heavy (non-hydrogen) atoms. The minimum absolute atomic E-state index is 0.202. The Morgan fingerprint density at radius 2 is 2.25 bits per heavy atom. The smallest absolute Gasteiger partial charge is 0.224 e. The first-order valence-corrected chi connectivity index (χ1v) is 8.46. The molecule has 0 saturated carbocycles. The highest BCUT2D eigenvalue weighted by Gasteiger charge is 2.15. The van der Waals surface area contributed by atoms with Crippen LogP contribution < -0.4 is 16.0 Å². The molecule has 2 aromatic rings. The first kappa shape index (κ1) is 16.9. The van der Waals surface area contributed by atoms with Gasteiger partial charge in [0.05, 0.1) is 5.69 Å². The zero-order valence-electron chi connectivity index (χ0n) is 13.6. The van der Waals surface area contributed by atoms with E-state index in [1.165, 1.54) is 6.07 Å². The van der Waals surface area contributed by atoms with Gasteiger partial charge in [0.1, 0.15) is 11.6 Å². The Morgan fingerprint density at radius 3 is 3.00 bits per heavy atom. The van der Waals surface area contributed by atoms with Crippen LogP contribution in [-0.4, -0.2) is 29.6 Å². The number of hydrogen-bond donors (Lipinski definition) is 3. The molecule has 3 rings (SSSR count). The predicted molar refractivity (Wildman–Crippen MR) is 95.0 cm³/mol. The molecule has 1 aliphatic rings. The number of para-hydroxylation sites is 1. The summed E-state index contributed by atoms with van der Waals surface area (Å²) in [4.78, 5) is 8.33. The first-order valence-electron chi connectivity index (χ1n) is 8.08. The number of anilines is 2. The van der Waals surface area contributed by atoms with Gasteiger partial charge < -0.3 is 16.0 Å². The van der Waals surface area contributed by atoms with Crippen LogP contribution in [0, 0.1) is 18.7 Å². The summed E-state index contributed by atoms with van der Waals surface area (Å²) in [5.74, 6) is 1.01. The van der Waals surface area contributed by atoms with Gasteiger partial charge in [0.2, 0.25) is 5.28 Å². The van der Waals surface area contributed by atoms with Crippen LogP contribution in [0.2, 0.25) is 5.28 Å². The van der Waals surface area contributed by atoms with Crippen LogP contribution in [0.25, 0.3) is 0 Å². The van der Waals surface area contributed by atoms with Crippen LogP contribution in [0.3, 0.4) is 0 Å². The molecular formula is C17H21ClFN5. The zero-order valence-corrected chi connectivity index (χ0v) is 14.3. The van der Waals surface area contributed by atoms with Gasteiger partial charge in [-0.05, 0) is 55.6 Å². The number of hydrogen-bond acceptors (Lipinski definition) is 5. The van der Waals surface area contributed by atoms with Gasteiger partial charge in [-0.2, -0.15) is 0 Å².